The Morgan fingerprint density at radius 1 is 1.15 bits per heavy atom. The highest BCUT2D eigenvalue weighted by Gasteiger charge is 2.12. The van der Waals surface area contributed by atoms with Crippen LogP contribution in [0.15, 0.2) is 47.4 Å². The summed E-state index contributed by atoms with van der Waals surface area (Å²) in [5, 5.41) is 0. The first-order chi connectivity index (χ1) is 9.60. The van der Waals surface area contributed by atoms with E-state index >= 15 is 0 Å². The molecule has 5 heteroatoms. The molecule has 2 aromatic carbocycles. The number of nitrogens with one attached hydrogen (secondary N) is 1. The molecular weight excluding hydrogens is 278 g/mol. The van der Waals surface area contributed by atoms with E-state index in [2.05, 4.69) is 5.43 Å². The highest BCUT2D eigenvalue weighted by molar-refractivity contribution is 7.99. The van der Waals surface area contributed by atoms with Crippen molar-refractivity contribution < 1.29 is 8.78 Å². The van der Waals surface area contributed by atoms with Crippen molar-refractivity contribution in [1.29, 1.82) is 0 Å². The molecule has 3 N–H and O–H groups in total. The fraction of sp³-hybridized carbons (Fsp3) is 0.200. The molecule has 0 bridgehead atoms. The number of benzene rings is 2. The van der Waals surface area contributed by atoms with E-state index in [1.807, 2.05) is 6.07 Å². The molecule has 0 spiro atoms. The number of halogens is 2. The van der Waals surface area contributed by atoms with Crippen LogP contribution in [0, 0.1) is 18.6 Å². The van der Waals surface area contributed by atoms with Crippen LogP contribution in [0.25, 0.3) is 0 Å². The van der Waals surface area contributed by atoms with Crippen LogP contribution >= 0.6 is 11.8 Å². The van der Waals surface area contributed by atoms with Crippen molar-refractivity contribution in [3.05, 3.63) is 65.2 Å². The lowest BCUT2D eigenvalue weighted by Crippen LogP contribution is -2.29. The van der Waals surface area contributed by atoms with Crippen LogP contribution in [0.3, 0.4) is 0 Å². The largest absolute Gasteiger partial charge is 0.271 e. The highest BCUT2D eigenvalue weighted by atomic mass is 32.2. The quantitative estimate of drug-likeness (QED) is 0.503. The molecule has 0 saturated heterocycles. The summed E-state index contributed by atoms with van der Waals surface area (Å²) in [6.07, 6.45) is 0. The summed E-state index contributed by atoms with van der Waals surface area (Å²) in [4.78, 5) is 0.944. The molecule has 2 nitrogen and oxygen atoms in total. The van der Waals surface area contributed by atoms with Gasteiger partial charge in [-0.1, -0.05) is 12.1 Å². The minimum Gasteiger partial charge on any atom is -0.271 e. The molecule has 2 aromatic rings. The Hall–Kier alpha value is -1.43. The molecule has 0 radical (unpaired) electrons. The van der Waals surface area contributed by atoms with Gasteiger partial charge < -0.3 is 0 Å². The first-order valence-electron chi connectivity index (χ1n) is 6.20. The average Bonchev–Trinajstić information content (AvgIpc) is 2.45. The molecule has 0 amide bonds. The Bertz CT molecular complexity index is 573. The van der Waals surface area contributed by atoms with Gasteiger partial charge >= 0.3 is 0 Å². The van der Waals surface area contributed by atoms with Crippen molar-refractivity contribution in [2.45, 2.75) is 17.9 Å². The van der Waals surface area contributed by atoms with Crippen LogP contribution in [0.1, 0.15) is 17.2 Å². The molecule has 2 rings (SSSR count). The van der Waals surface area contributed by atoms with Gasteiger partial charge in [-0.3, -0.25) is 11.3 Å². The number of hydrogen-bond donors (Lipinski definition) is 2. The van der Waals surface area contributed by atoms with Gasteiger partial charge in [-0.25, -0.2) is 8.78 Å². The Kier molecular flexibility index (Phi) is 5.11. The molecule has 0 aliphatic carbocycles. The molecule has 0 heterocycles. The van der Waals surface area contributed by atoms with Crippen molar-refractivity contribution in [2.24, 2.45) is 5.84 Å². The van der Waals surface area contributed by atoms with Crippen molar-refractivity contribution in [3.63, 3.8) is 0 Å². The first-order valence-corrected chi connectivity index (χ1v) is 7.19. The van der Waals surface area contributed by atoms with Crippen molar-refractivity contribution in [1.82, 2.24) is 5.43 Å². The Labute approximate surface area is 121 Å². The third-order valence-corrected chi connectivity index (χ3v) is 4.14. The molecule has 0 aliphatic heterocycles. The van der Waals surface area contributed by atoms with Gasteiger partial charge in [0.1, 0.15) is 11.6 Å². The van der Waals surface area contributed by atoms with Crippen LogP contribution < -0.4 is 11.3 Å². The van der Waals surface area contributed by atoms with Crippen LogP contribution in [0.4, 0.5) is 8.78 Å². The number of nitrogens with two attached hydrogens (primary N) is 1. The van der Waals surface area contributed by atoms with Crippen molar-refractivity contribution in [2.75, 3.05) is 5.75 Å². The minimum absolute atomic E-state index is 0.167. The summed E-state index contributed by atoms with van der Waals surface area (Å²) in [6.45, 7) is 1.72. The minimum atomic E-state index is -0.261. The van der Waals surface area contributed by atoms with E-state index in [4.69, 9.17) is 5.84 Å². The lowest BCUT2D eigenvalue weighted by molar-refractivity contribution is 0.587. The second-order valence-electron chi connectivity index (χ2n) is 4.49. The zero-order valence-electron chi connectivity index (χ0n) is 11.1. The fourth-order valence-electron chi connectivity index (χ4n) is 1.78. The number of thioether (sulfide) groups is 1. The van der Waals surface area contributed by atoms with Crippen LogP contribution in [-0.4, -0.2) is 5.75 Å². The second-order valence-corrected chi connectivity index (χ2v) is 5.59. The Balaban J connectivity index is 2.05. The van der Waals surface area contributed by atoms with E-state index in [9.17, 15) is 8.78 Å². The van der Waals surface area contributed by atoms with E-state index in [-0.39, 0.29) is 17.7 Å². The molecule has 0 aromatic heterocycles. The molecular formula is C15H16F2N2S. The van der Waals surface area contributed by atoms with Crippen LogP contribution in [0.2, 0.25) is 0 Å². The summed E-state index contributed by atoms with van der Waals surface area (Å²) < 4.78 is 26.4. The second kappa shape index (κ2) is 6.83. The maximum absolute atomic E-state index is 13.6. The average molecular weight is 294 g/mol. The fourth-order valence-corrected chi connectivity index (χ4v) is 2.75. The van der Waals surface area contributed by atoms with Crippen LogP contribution in [0.5, 0.6) is 0 Å². The number of aryl methyl sites for hydroxylation is 1. The van der Waals surface area contributed by atoms with Gasteiger partial charge in [-0.15, -0.1) is 11.8 Å². The summed E-state index contributed by atoms with van der Waals surface area (Å²) in [5.41, 5.74) is 4.09. The number of hydrazine groups is 1. The topological polar surface area (TPSA) is 38.0 Å². The van der Waals surface area contributed by atoms with Crippen LogP contribution in [-0.2, 0) is 0 Å². The van der Waals surface area contributed by atoms with Gasteiger partial charge in [0, 0.05) is 10.6 Å². The van der Waals surface area contributed by atoms with Gasteiger partial charge in [0.2, 0.25) is 0 Å². The standard InChI is InChI=1S/C15H16F2N2S/c1-10-2-3-11(8-14(10)17)15(19-18)9-20-13-6-4-12(16)5-7-13/h2-8,15,19H,9,18H2,1H3. The predicted octanol–water partition coefficient (Wildman–Crippen LogP) is 3.57. The summed E-state index contributed by atoms with van der Waals surface area (Å²) >= 11 is 1.54. The van der Waals surface area contributed by atoms with E-state index in [0.717, 1.165) is 10.5 Å². The van der Waals surface area contributed by atoms with E-state index in [1.165, 1.54) is 30.0 Å². The van der Waals surface area contributed by atoms with Gasteiger partial charge in [0.05, 0.1) is 6.04 Å². The lowest BCUT2D eigenvalue weighted by atomic mass is 10.1. The van der Waals surface area contributed by atoms with Crippen molar-refractivity contribution >= 4 is 11.8 Å². The molecule has 0 aliphatic rings. The van der Waals surface area contributed by atoms with Gasteiger partial charge in [-0.05, 0) is 48.4 Å². The van der Waals surface area contributed by atoms with E-state index < -0.39 is 0 Å². The molecule has 1 atom stereocenters. The lowest BCUT2D eigenvalue weighted by Gasteiger charge is -2.16. The normalized spacial score (nSPS) is 12.4. The maximum Gasteiger partial charge on any atom is 0.126 e. The molecule has 106 valence electrons. The van der Waals surface area contributed by atoms with Gasteiger partial charge in [0.15, 0.2) is 0 Å². The zero-order chi connectivity index (χ0) is 14.5. The summed E-state index contributed by atoms with van der Waals surface area (Å²) in [6, 6.07) is 11.2. The Morgan fingerprint density at radius 2 is 1.85 bits per heavy atom. The molecule has 0 fully saturated rings. The maximum atomic E-state index is 13.6. The van der Waals surface area contributed by atoms with E-state index in [0.29, 0.717) is 11.3 Å². The highest BCUT2D eigenvalue weighted by Crippen LogP contribution is 2.25. The van der Waals surface area contributed by atoms with Gasteiger partial charge in [-0.2, -0.15) is 0 Å². The third kappa shape index (κ3) is 3.79. The molecule has 1 unspecified atom stereocenters. The van der Waals surface area contributed by atoms with Crippen molar-refractivity contribution in [3.8, 4) is 0 Å². The number of rotatable bonds is 5. The Morgan fingerprint density at radius 3 is 2.45 bits per heavy atom. The predicted molar refractivity (Wildman–Crippen MR) is 78.3 cm³/mol. The molecule has 0 saturated carbocycles. The summed E-state index contributed by atoms with van der Waals surface area (Å²) in [7, 11) is 0. The van der Waals surface area contributed by atoms with Gasteiger partial charge in [0.25, 0.3) is 0 Å². The third-order valence-electron chi connectivity index (χ3n) is 3.03. The monoisotopic (exact) mass is 294 g/mol. The number of hydrogen-bond acceptors (Lipinski definition) is 3. The molecule has 20 heavy (non-hydrogen) atoms. The first kappa shape index (κ1) is 15.0. The SMILES string of the molecule is Cc1ccc(C(CSc2ccc(F)cc2)NN)cc1F. The summed E-state index contributed by atoms with van der Waals surface area (Å²) in [5.74, 6) is 5.66. The van der Waals surface area contributed by atoms with E-state index in [1.54, 1.807) is 25.1 Å². The smallest absolute Gasteiger partial charge is 0.126 e. The zero-order valence-corrected chi connectivity index (χ0v) is 11.9.